The van der Waals surface area contributed by atoms with Gasteiger partial charge in [0, 0.05) is 6.54 Å². The maximum atomic E-state index is 11.1. The molecule has 0 radical (unpaired) electrons. The van der Waals surface area contributed by atoms with Crippen molar-refractivity contribution in [3.05, 3.63) is 29.6 Å². The predicted octanol–water partition coefficient (Wildman–Crippen LogP) is 2.77. The molecule has 1 aromatic heterocycles. The van der Waals surface area contributed by atoms with E-state index in [2.05, 4.69) is 28.3 Å². The number of aryl methyl sites for hydroxylation is 2. The number of fused-ring (bicyclic) bond motifs is 1. The standard InChI is InChI=1S/C16H23N3O2/c1-4-18(5-2)9-6-10-19-12(3)17-14-8-7-13(16(20)21)11-15(14)19/h7-8,11H,4-6,9-10H2,1-3H3,(H,20,21). The fraction of sp³-hybridized carbons (Fsp3) is 0.500. The number of imidazole rings is 1. The van der Waals surface area contributed by atoms with Crippen LogP contribution in [0, 0.1) is 6.92 Å². The monoisotopic (exact) mass is 289 g/mol. The molecule has 0 aliphatic rings. The average Bonchev–Trinajstić information content (AvgIpc) is 2.78. The van der Waals surface area contributed by atoms with E-state index in [0.29, 0.717) is 5.56 Å². The van der Waals surface area contributed by atoms with E-state index in [1.54, 1.807) is 18.2 Å². The van der Waals surface area contributed by atoms with Gasteiger partial charge in [-0.1, -0.05) is 13.8 Å². The normalized spacial score (nSPS) is 11.4. The molecule has 1 N–H and O–H groups in total. The van der Waals surface area contributed by atoms with Crippen molar-refractivity contribution in [1.29, 1.82) is 0 Å². The maximum Gasteiger partial charge on any atom is 0.335 e. The highest BCUT2D eigenvalue weighted by atomic mass is 16.4. The second kappa shape index (κ2) is 6.72. The molecule has 0 saturated carbocycles. The Labute approximate surface area is 125 Å². The number of nitrogens with zero attached hydrogens (tertiary/aromatic N) is 3. The fourth-order valence-corrected chi connectivity index (χ4v) is 2.65. The van der Waals surface area contributed by atoms with Gasteiger partial charge in [-0.3, -0.25) is 0 Å². The summed E-state index contributed by atoms with van der Waals surface area (Å²) >= 11 is 0. The summed E-state index contributed by atoms with van der Waals surface area (Å²) in [6.07, 6.45) is 1.03. The summed E-state index contributed by atoms with van der Waals surface area (Å²) in [5.74, 6) is 0.0394. The zero-order chi connectivity index (χ0) is 15.4. The van der Waals surface area contributed by atoms with Gasteiger partial charge in [-0.15, -0.1) is 0 Å². The zero-order valence-corrected chi connectivity index (χ0v) is 13.0. The third-order valence-electron chi connectivity index (χ3n) is 3.94. The molecule has 0 aliphatic carbocycles. The molecule has 0 aliphatic heterocycles. The van der Waals surface area contributed by atoms with Crippen LogP contribution < -0.4 is 0 Å². The predicted molar refractivity (Wildman–Crippen MR) is 83.8 cm³/mol. The van der Waals surface area contributed by atoms with Gasteiger partial charge in [-0.2, -0.15) is 0 Å². The van der Waals surface area contributed by atoms with Crippen molar-refractivity contribution in [3.8, 4) is 0 Å². The van der Waals surface area contributed by atoms with E-state index >= 15 is 0 Å². The molecule has 0 atom stereocenters. The van der Waals surface area contributed by atoms with Gasteiger partial charge in [0.2, 0.25) is 0 Å². The lowest BCUT2D eigenvalue weighted by molar-refractivity contribution is 0.0697. The topological polar surface area (TPSA) is 58.4 Å². The summed E-state index contributed by atoms with van der Waals surface area (Å²) < 4.78 is 2.12. The third kappa shape index (κ3) is 3.42. The lowest BCUT2D eigenvalue weighted by Crippen LogP contribution is -2.24. The highest BCUT2D eigenvalue weighted by Crippen LogP contribution is 2.18. The molecule has 114 valence electrons. The summed E-state index contributed by atoms with van der Waals surface area (Å²) in [5, 5.41) is 9.12. The Morgan fingerprint density at radius 3 is 2.67 bits per heavy atom. The van der Waals surface area contributed by atoms with Gasteiger partial charge in [0.1, 0.15) is 5.82 Å². The van der Waals surface area contributed by atoms with Gasteiger partial charge in [-0.25, -0.2) is 9.78 Å². The van der Waals surface area contributed by atoms with Crippen LogP contribution >= 0.6 is 0 Å². The number of aromatic carboxylic acids is 1. The van der Waals surface area contributed by atoms with E-state index in [-0.39, 0.29) is 0 Å². The first-order valence-electron chi connectivity index (χ1n) is 7.49. The Morgan fingerprint density at radius 2 is 2.05 bits per heavy atom. The molecule has 0 bridgehead atoms. The van der Waals surface area contributed by atoms with Crippen LogP contribution in [0.3, 0.4) is 0 Å². The van der Waals surface area contributed by atoms with E-state index < -0.39 is 5.97 Å². The Bertz CT molecular complexity index is 630. The van der Waals surface area contributed by atoms with E-state index in [9.17, 15) is 4.79 Å². The molecular weight excluding hydrogens is 266 g/mol. The van der Waals surface area contributed by atoms with Crippen molar-refractivity contribution in [2.75, 3.05) is 19.6 Å². The summed E-state index contributed by atoms with van der Waals surface area (Å²) in [4.78, 5) is 18.0. The van der Waals surface area contributed by atoms with Crippen LogP contribution in [-0.4, -0.2) is 45.2 Å². The van der Waals surface area contributed by atoms with E-state index in [0.717, 1.165) is 49.5 Å². The number of hydrogen-bond acceptors (Lipinski definition) is 3. The smallest absolute Gasteiger partial charge is 0.335 e. The van der Waals surface area contributed by atoms with Crippen LogP contribution in [0.4, 0.5) is 0 Å². The molecule has 2 aromatic rings. The highest BCUT2D eigenvalue weighted by Gasteiger charge is 2.11. The molecule has 1 aromatic carbocycles. The minimum atomic E-state index is -0.898. The van der Waals surface area contributed by atoms with Crippen molar-refractivity contribution in [1.82, 2.24) is 14.5 Å². The second-order valence-corrected chi connectivity index (χ2v) is 5.20. The Morgan fingerprint density at radius 1 is 1.33 bits per heavy atom. The van der Waals surface area contributed by atoms with E-state index in [1.807, 2.05) is 6.92 Å². The lowest BCUT2D eigenvalue weighted by atomic mass is 10.2. The van der Waals surface area contributed by atoms with Crippen molar-refractivity contribution in [2.24, 2.45) is 0 Å². The van der Waals surface area contributed by atoms with Gasteiger partial charge in [-0.05, 0) is 51.2 Å². The molecule has 0 saturated heterocycles. The number of carboxylic acid groups (broad SMARTS) is 1. The molecule has 5 heteroatoms. The first kappa shape index (κ1) is 15.5. The van der Waals surface area contributed by atoms with Crippen molar-refractivity contribution >= 4 is 17.0 Å². The lowest BCUT2D eigenvalue weighted by Gasteiger charge is -2.18. The fourth-order valence-electron chi connectivity index (χ4n) is 2.65. The van der Waals surface area contributed by atoms with Crippen LogP contribution in [0.25, 0.3) is 11.0 Å². The van der Waals surface area contributed by atoms with Crippen molar-refractivity contribution in [3.63, 3.8) is 0 Å². The van der Waals surface area contributed by atoms with Crippen LogP contribution in [0.5, 0.6) is 0 Å². The van der Waals surface area contributed by atoms with Crippen LogP contribution in [0.2, 0.25) is 0 Å². The molecule has 1 heterocycles. The molecule has 0 unspecified atom stereocenters. The van der Waals surface area contributed by atoms with E-state index in [4.69, 9.17) is 5.11 Å². The van der Waals surface area contributed by atoms with Gasteiger partial charge in [0.05, 0.1) is 16.6 Å². The molecule has 2 rings (SSSR count). The quantitative estimate of drug-likeness (QED) is 0.851. The van der Waals surface area contributed by atoms with Crippen LogP contribution in [0.1, 0.15) is 36.5 Å². The Hall–Kier alpha value is -1.88. The van der Waals surface area contributed by atoms with Gasteiger partial charge in [0.15, 0.2) is 0 Å². The molecule has 21 heavy (non-hydrogen) atoms. The highest BCUT2D eigenvalue weighted by molar-refractivity contribution is 5.92. The first-order valence-corrected chi connectivity index (χ1v) is 7.49. The molecular formula is C16H23N3O2. The van der Waals surface area contributed by atoms with Crippen molar-refractivity contribution in [2.45, 2.75) is 33.7 Å². The van der Waals surface area contributed by atoms with Gasteiger partial charge >= 0.3 is 5.97 Å². The first-order chi connectivity index (χ1) is 10.1. The number of aromatic nitrogens is 2. The Balaban J connectivity index is 2.20. The Kier molecular flexibility index (Phi) is 4.96. The van der Waals surface area contributed by atoms with Gasteiger partial charge < -0.3 is 14.6 Å². The van der Waals surface area contributed by atoms with Crippen LogP contribution in [-0.2, 0) is 6.54 Å². The molecule has 0 fully saturated rings. The summed E-state index contributed by atoms with van der Waals surface area (Å²) in [7, 11) is 0. The summed E-state index contributed by atoms with van der Waals surface area (Å²) in [6.45, 7) is 10.3. The molecule has 0 amide bonds. The number of benzene rings is 1. The minimum Gasteiger partial charge on any atom is -0.478 e. The largest absolute Gasteiger partial charge is 0.478 e. The summed E-state index contributed by atoms with van der Waals surface area (Å²) in [6, 6.07) is 5.11. The number of carboxylic acids is 1. The SMILES string of the molecule is CCN(CC)CCCn1c(C)nc2ccc(C(=O)O)cc21. The summed E-state index contributed by atoms with van der Waals surface area (Å²) in [5.41, 5.74) is 2.08. The molecule has 5 nitrogen and oxygen atoms in total. The van der Waals surface area contributed by atoms with E-state index in [1.165, 1.54) is 0 Å². The number of rotatable bonds is 7. The maximum absolute atomic E-state index is 11.1. The minimum absolute atomic E-state index is 0.312. The van der Waals surface area contributed by atoms with Gasteiger partial charge in [0.25, 0.3) is 0 Å². The zero-order valence-electron chi connectivity index (χ0n) is 13.0. The average molecular weight is 289 g/mol. The second-order valence-electron chi connectivity index (χ2n) is 5.20. The van der Waals surface area contributed by atoms with Crippen LogP contribution in [0.15, 0.2) is 18.2 Å². The third-order valence-corrected chi connectivity index (χ3v) is 3.94. The van der Waals surface area contributed by atoms with Crippen molar-refractivity contribution < 1.29 is 9.90 Å². The number of carbonyl (C=O) groups is 1. The number of hydrogen-bond donors (Lipinski definition) is 1. The molecule has 0 spiro atoms.